The van der Waals surface area contributed by atoms with Gasteiger partial charge in [-0.05, 0) is 0 Å². The SMILES string of the molecule is COC(=O)/C=C(\N)C(F)(F)C(F)(F)F. The highest BCUT2D eigenvalue weighted by molar-refractivity contribution is 5.82. The molecule has 0 unspecified atom stereocenters. The van der Waals surface area contributed by atoms with Crippen LogP contribution in [0.4, 0.5) is 22.0 Å². The summed E-state index contributed by atoms with van der Waals surface area (Å²) in [6, 6.07) is 0. The summed E-state index contributed by atoms with van der Waals surface area (Å²) in [5.41, 5.74) is 2.50. The first kappa shape index (κ1) is 12.7. The highest BCUT2D eigenvalue weighted by Crippen LogP contribution is 2.38. The number of hydrogen-bond acceptors (Lipinski definition) is 3. The molecule has 0 heterocycles. The van der Waals surface area contributed by atoms with Crippen molar-refractivity contribution in [3.05, 3.63) is 11.8 Å². The zero-order valence-corrected chi connectivity index (χ0v) is 6.86. The molecule has 0 radical (unpaired) electrons. The van der Waals surface area contributed by atoms with Crippen LogP contribution in [0.5, 0.6) is 0 Å². The van der Waals surface area contributed by atoms with Crippen LogP contribution in [-0.4, -0.2) is 25.2 Å². The van der Waals surface area contributed by atoms with Crippen molar-refractivity contribution < 1.29 is 31.5 Å². The molecule has 0 aromatic rings. The van der Waals surface area contributed by atoms with Gasteiger partial charge in [0.25, 0.3) is 0 Å². The monoisotopic (exact) mass is 219 g/mol. The minimum Gasteiger partial charge on any atom is -0.466 e. The van der Waals surface area contributed by atoms with Crippen LogP contribution >= 0.6 is 0 Å². The average Bonchev–Trinajstić information content (AvgIpc) is 2.01. The van der Waals surface area contributed by atoms with Crippen molar-refractivity contribution in [3.8, 4) is 0 Å². The van der Waals surface area contributed by atoms with E-state index in [1.807, 2.05) is 0 Å². The molecular weight excluding hydrogens is 213 g/mol. The maximum atomic E-state index is 12.3. The topological polar surface area (TPSA) is 52.3 Å². The lowest BCUT2D eigenvalue weighted by molar-refractivity contribution is -0.264. The third-order valence-electron chi connectivity index (χ3n) is 1.19. The highest BCUT2D eigenvalue weighted by atomic mass is 19.4. The Labute approximate surface area is 75.3 Å². The molecule has 0 saturated carbocycles. The van der Waals surface area contributed by atoms with Crippen LogP contribution in [0.25, 0.3) is 0 Å². The molecule has 3 nitrogen and oxygen atoms in total. The Morgan fingerprint density at radius 2 is 1.71 bits per heavy atom. The van der Waals surface area contributed by atoms with Crippen molar-refractivity contribution in [1.82, 2.24) is 0 Å². The zero-order valence-electron chi connectivity index (χ0n) is 6.86. The lowest BCUT2D eigenvalue weighted by Crippen LogP contribution is -2.41. The van der Waals surface area contributed by atoms with E-state index in [0.29, 0.717) is 0 Å². The maximum Gasteiger partial charge on any atom is 0.459 e. The molecule has 0 saturated heterocycles. The Morgan fingerprint density at radius 1 is 1.29 bits per heavy atom. The number of halogens is 5. The van der Waals surface area contributed by atoms with Gasteiger partial charge in [-0.3, -0.25) is 0 Å². The first-order valence-electron chi connectivity index (χ1n) is 3.13. The molecule has 0 bridgehead atoms. The van der Waals surface area contributed by atoms with Gasteiger partial charge in [0.05, 0.1) is 12.8 Å². The van der Waals surface area contributed by atoms with Gasteiger partial charge in [0.15, 0.2) is 0 Å². The molecule has 14 heavy (non-hydrogen) atoms. The fraction of sp³-hybridized carbons (Fsp3) is 0.500. The molecule has 0 atom stereocenters. The van der Waals surface area contributed by atoms with Crippen molar-refractivity contribution in [2.45, 2.75) is 12.1 Å². The lowest BCUT2D eigenvalue weighted by atomic mass is 10.2. The van der Waals surface area contributed by atoms with E-state index in [0.717, 1.165) is 7.11 Å². The Hall–Kier alpha value is -1.34. The number of carbonyl (C=O) groups excluding carboxylic acids is 1. The van der Waals surface area contributed by atoms with Crippen molar-refractivity contribution in [2.24, 2.45) is 5.73 Å². The second-order valence-corrected chi connectivity index (χ2v) is 2.19. The van der Waals surface area contributed by atoms with E-state index in [9.17, 15) is 26.7 Å². The van der Waals surface area contributed by atoms with Crippen molar-refractivity contribution in [3.63, 3.8) is 0 Å². The summed E-state index contributed by atoms with van der Waals surface area (Å²) in [4.78, 5) is 10.3. The fourth-order valence-corrected chi connectivity index (χ4v) is 0.440. The Kier molecular flexibility index (Phi) is 3.44. The van der Waals surface area contributed by atoms with Crippen LogP contribution in [0.2, 0.25) is 0 Å². The number of carbonyl (C=O) groups is 1. The standard InChI is InChI=1S/C6H6F5NO2/c1-14-4(13)2-3(12)5(7,8)6(9,10)11/h2H,12H2,1H3/b3-2-. The van der Waals surface area contributed by atoms with Crippen LogP contribution in [0, 0.1) is 0 Å². The Morgan fingerprint density at radius 3 is 2.00 bits per heavy atom. The van der Waals surface area contributed by atoms with Gasteiger partial charge < -0.3 is 10.5 Å². The molecule has 0 aromatic heterocycles. The summed E-state index contributed by atoms with van der Waals surface area (Å²) in [7, 11) is 0.817. The van der Waals surface area contributed by atoms with Gasteiger partial charge in [0.1, 0.15) is 0 Å². The fourth-order valence-electron chi connectivity index (χ4n) is 0.440. The van der Waals surface area contributed by atoms with Gasteiger partial charge in [-0.1, -0.05) is 0 Å². The Balaban J connectivity index is 4.93. The third-order valence-corrected chi connectivity index (χ3v) is 1.19. The smallest absolute Gasteiger partial charge is 0.459 e. The number of hydrogen-bond donors (Lipinski definition) is 1. The first-order chi connectivity index (χ1) is 6.13. The Bertz CT molecular complexity index is 257. The number of allylic oxidation sites excluding steroid dienone is 1. The number of esters is 1. The molecule has 0 aliphatic carbocycles. The predicted octanol–water partition coefficient (Wildman–Crippen LogP) is 1.20. The normalized spacial score (nSPS) is 14.0. The number of rotatable bonds is 2. The van der Waals surface area contributed by atoms with Crippen LogP contribution in [-0.2, 0) is 9.53 Å². The molecule has 2 N–H and O–H groups in total. The number of ether oxygens (including phenoxy) is 1. The van der Waals surface area contributed by atoms with Gasteiger partial charge in [-0.25, -0.2) is 4.79 Å². The molecule has 82 valence electrons. The van der Waals surface area contributed by atoms with E-state index in [4.69, 9.17) is 0 Å². The number of methoxy groups -OCH3 is 1. The molecule has 0 fully saturated rings. The van der Waals surface area contributed by atoms with E-state index in [1.54, 1.807) is 0 Å². The largest absolute Gasteiger partial charge is 0.466 e. The van der Waals surface area contributed by atoms with E-state index in [1.165, 1.54) is 0 Å². The van der Waals surface area contributed by atoms with Crippen LogP contribution in [0.15, 0.2) is 11.8 Å². The van der Waals surface area contributed by atoms with Crippen LogP contribution < -0.4 is 5.73 Å². The van der Waals surface area contributed by atoms with Gasteiger partial charge in [0, 0.05) is 6.08 Å². The van der Waals surface area contributed by atoms with Gasteiger partial charge in [-0.2, -0.15) is 22.0 Å². The summed E-state index contributed by atoms with van der Waals surface area (Å²) in [6.07, 6.45) is -5.95. The van der Waals surface area contributed by atoms with E-state index in [-0.39, 0.29) is 6.08 Å². The summed E-state index contributed by atoms with van der Waals surface area (Å²) < 4.78 is 63.3. The second kappa shape index (κ2) is 3.81. The molecule has 8 heteroatoms. The van der Waals surface area contributed by atoms with Gasteiger partial charge in [-0.15, -0.1) is 0 Å². The number of nitrogens with two attached hydrogens (primary N) is 1. The number of alkyl halides is 5. The van der Waals surface area contributed by atoms with E-state index < -0.39 is 23.8 Å². The third kappa shape index (κ3) is 2.57. The summed E-state index contributed by atoms with van der Waals surface area (Å²) in [6.45, 7) is 0. The first-order valence-corrected chi connectivity index (χ1v) is 3.13. The van der Waals surface area contributed by atoms with Crippen molar-refractivity contribution >= 4 is 5.97 Å². The lowest BCUT2D eigenvalue weighted by Gasteiger charge is -2.19. The molecular formula is C6H6F5NO2. The summed E-state index contributed by atoms with van der Waals surface area (Å²) >= 11 is 0. The highest BCUT2D eigenvalue weighted by Gasteiger charge is 2.59. The average molecular weight is 219 g/mol. The molecule has 0 aromatic carbocycles. The minimum absolute atomic E-state index is 0.118. The molecule has 0 spiro atoms. The quantitative estimate of drug-likeness (QED) is 0.431. The molecule has 0 aliphatic rings. The predicted molar refractivity (Wildman–Crippen MR) is 35.3 cm³/mol. The van der Waals surface area contributed by atoms with Crippen LogP contribution in [0.3, 0.4) is 0 Å². The molecule has 0 rings (SSSR count). The van der Waals surface area contributed by atoms with E-state index >= 15 is 0 Å². The maximum absolute atomic E-state index is 12.3. The van der Waals surface area contributed by atoms with Gasteiger partial charge >= 0.3 is 18.1 Å². The molecule has 0 amide bonds. The van der Waals surface area contributed by atoms with Crippen molar-refractivity contribution in [1.29, 1.82) is 0 Å². The molecule has 0 aliphatic heterocycles. The van der Waals surface area contributed by atoms with Crippen LogP contribution in [0.1, 0.15) is 0 Å². The minimum atomic E-state index is -5.83. The summed E-state index contributed by atoms with van der Waals surface area (Å²) in [5.74, 6) is -6.62. The van der Waals surface area contributed by atoms with Gasteiger partial charge in [0.2, 0.25) is 0 Å². The second-order valence-electron chi connectivity index (χ2n) is 2.19. The summed E-state index contributed by atoms with van der Waals surface area (Å²) in [5, 5.41) is 0. The van der Waals surface area contributed by atoms with E-state index in [2.05, 4.69) is 10.5 Å². The zero-order chi connectivity index (χ0) is 11.6. The van der Waals surface area contributed by atoms with Crippen molar-refractivity contribution in [2.75, 3.05) is 7.11 Å².